The number of rotatable bonds is 8. The number of hydrogen-bond donors (Lipinski definition) is 1. The van der Waals surface area contributed by atoms with Gasteiger partial charge in [-0.05, 0) is 39.3 Å². The zero-order valence-electron chi connectivity index (χ0n) is 11.7. The Bertz CT molecular complexity index is 363. The van der Waals surface area contributed by atoms with Crippen molar-refractivity contribution in [1.82, 2.24) is 15.0 Å². The van der Waals surface area contributed by atoms with Crippen LogP contribution >= 0.6 is 0 Å². The van der Waals surface area contributed by atoms with Gasteiger partial charge in [-0.3, -0.25) is 0 Å². The predicted octanol–water partition coefficient (Wildman–Crippen LogP) is 1.13. The van der Waals surface area contributed by atoms with Crippen molar-refractivity contribution >= 4 is 0 Å². The minimum Gasteiger partial charge on any atom is -0.382 e. The van der Waals surface area contributed by atoms with E-state index < -0.39 is 0 Å². The molecule has 1 aromatic rings. The molecule has 1 unspecified atom stereocenters. The molecule has 108 valence electrons. The van der Waals surface area contributed by atoms with Crippen LogP contribution in [0.15, 0.2) is 4.52 Å². The normalized spacial score (nSPS) is 18.0. The standard InChI is InChI=1S/C13H24N4O2/c1-2-18-9-5-6-12-15-13(16-19-12)11(14)10-17-7-3-4-8-17/h11H,2-10,14H2,1H3. The van der Waals surface area contributed by atoms with Gasteiger partial charge in [0.15, 0.2) is 5.82 Å². The van der Waals surface area contributed by atoms with Gasteiger partial charge in [-0.2, -0.15) is 4.98 Å². The van der Waals surface area contributed by atoms with E-state index in [0.29, 0.717) is 11.7 Å². The Morgan fingerprint density at radius 3 is 2.95 bits per heavy atom. The Balaban J connectivity index is 1.75. The second-order valence-electron chi connectivity index (χ2n) is 4.96. The second-order valence-corrected chi connectivity index (χ2v) is 4.96. The summed E-state index contributed by atoms with van der Waals surface area (Å²) in [5.41, 5.74) is 6.11. The Morgan fingerprint density at radius 2 is 2.21 bits per heavy atom. The molecule has 1 atom stereocenters. The first-order chi connectivity index (χ1) is 9.29. The van der Waals surface area contributed by atoms with Crippen LogP contribution in [-0.4, -0.2) is 47.9 Å². The van der Waals surface area contributed by atoms with Gasteiger partial charge in [-0.15, -0.1) is 0 Å². The maximum Gasteiger partial charge on any atom is 0.226 e. The van der Waals surface area contributed by atoms with Gasteiger partial charge in [0, 0.05) is 26.2 Å². The largest absolute Gasteiger partial charge is 0.382 e. The lowest BCUT2D eigenvalue weighted by Crippen LogP contribution is -2.30. The molecule has 0 spiro atoms. The molecule has 0 aliphatic carbocycles. The van der Waals surface area contributed by atoms with Gasteiger partial charge >= 0.3 is 0 Å². The number of aromatic nitrogens is 2. The van der Waals surface area contributed by atoms with E-state index in [0.717, 1.165) is 45.7 Å². The molecule has 1 aliphatic heterocycles. The molecular weight excluding hydrogens is 244 g/mol. The van der Waals surface area contributed by atoms with E-state index in [2.05, 4.69) is 15.0 Å². The molecule has 0 aromatic carbocycles. The van der Waals surface area contributed by atoms with E-state index in [-0.39, 0.29) is 6.04 Å². The summed E-state index contributed by atoms with van der Waals surface area (Å²) in [6.07, 6.45) is 4.18. The molecule has 1 aliphatic rings. The summed E-state index contributed by atoms with van der Waals surface area (Å²) < 4.78 is 10.5. The van der Waals surface area contributed by atoms with E-state index in [4.69, 9.17) is 15.0 Å². The second kappa shape index (κ2) is 7.57. The van der Waals surface area contributed by atoms with Crippen molar-refractivity contribution in [3.05, 3.63) is 11.7 Å². The molecule has 6 nitrogen and oxygen atoms in total. The highest BCUT2D eigenvalue weighted by Gasteiger charge is 2.19. The molecule has 0 bridgehead atoms. The Morgan fingerprint density at radius 1 is 1.42 bits per heavy atom. The monoisotopic (exact) mass is 268 g/mol. The van der Waals surface area contributed by atoms with Crippen LogP contribution in [-0.2, 0) is 11.2 Å². The van der Waals surface area contributed by atoms with Gasteiger partial charge < -0.3 is 19.9 Å². The van der Waals surface area contributed by atoms with Crippen molar-refractivity contribution in [2.45, 2.75) is 38.6 Å². The fourth-order valence-corrected chi connectivity index (χ4v) is 2.32. The van der Waals surface area contributed by atoms with Crippen molar-refractivity contribution in [1.29, 1.82) is 0 Å². The molecule has 2 heterocycles. The highest BCUT2D eigenvalue weighted by Crippen LogP contribution is 2.13. The van der Waals surface area contributed by atoms with E-state index in [1.54, 1.807) is 0 Å². The fourth-order valence-electron chi connectivity index (χ4n) is 2.32. The minimum absolute atomic E-state index is 0.150. The van der Waals surface area contributed by atoms with Crippen LogP contribution in [0.2, 0.25) is 0 Å². The number of hydrogen-bond acceptors (Lipinski definition) is 6. The maximum atomic E-state index is 6.11. The summed E-state index contributed by atoms with van der Waals surface area (Å²) in [5, 5.41) is 3.98. The predicted molar refractivity (Wildman–Crippen MR) is 71.7 cm³/mol. The summed E-state index contributed by atoms with van der Waals surface area (Å²) in [4.78, 5) is 6.72. The number of nitrogens with zero attached hydrogens (tertiary/aromatic N) is 3. The topological polar surface area (TPSA) is 77.4 Å². The molecule has 0 amide bonds. The van der Waals surface area contributed by atoms with Gasteiger partial charge in [-0.1, -0.05) is 5.16 Å². The van der Waals surface area contributed by atoms with Crippen LogP contribution in [0.3, 0.4) is 0 Å². The summed E-state index contributed by atoms with van der Waals surface area (Å²) in [7, 11) is 0. The van der Waals surface area contributed by atoms with Gasteiger partial charge in [0.05, 0.1) is 6.04 Å². The molecule has 0 saturated carbocycles. The van der Waals surface area contributed by atoms with Crippen LogP contribution in [0.5, 0.6) is 0 Å². The van der Waals surface area contributed by atoms with Crippen molar-refractivity contribution in [3.8, 4) is 0 Å². The van der Waals surface area contributed by atoms with Gasteiger partial charge in [0.25, 0.3) is 0 Å². The third-order valence-electron chi connectivity index (χ3n) is 3.35. The molecule has 2 rings (SSSR count). The lowest BCUT2D eigenvalue weighted by molar-refractivity contribution is 0.143. The van der Waals surface area contributed by atoms with Crippen molar-refractivity contribution in [2.75, 3.05) is 32.8 Å². The van der Waals surface area contributed by atoms with Crippen LogP contribution < -0.4 is 5.73 Å². The first-order valence-corrected chi connectivity index (χ1v) is 7.17. The first kappa shape index (κ1) is 14.4. The summed E-state index contributed by atoms with van der Waals surface area (Å²) in [6.45, 7) is 6.55. The number of ether oxygens (including phenoxy) is 1. The highest BCUT2D eigenvalue weighted by atomic mass is 16.5. The fraction of sp³-hybridized carbons (Fsp3) is 0.846. The quantitative estimate of drug-likeness (QED) is 0.712. The number of nitrogens with two attached hydrogens (primary N) is 1. The van der Waals surface area contributed by atoms with Crippen LogP contribution in [0.1, 0.15) is 43.9 Å². The van der Waals surface area contributed by atoms with Crippen LogP contribution in [0, 0.1) is 0 Å². The third-order valence-corrected chi connectivity index (χ3v) is 3.35. The first-order valence-electron chi connectivity index (χ1n) is 7.17. The average molecular weight is 268 g/mol. The lowest BCUT2D eigenvalue weighted by atomic mass is 10.2. The van der Waals surface area contributed by atoms with E-state index >= 15 is 0 Å². The molecule has 1 fully saturated rings. The van der Waals surface area contributed by atoms with Crippen molar-refractivity contribution in [3.63, 3.8) is 0 Å². The highest BCUT2D eigenvalue weighted by molar-refractivity contribution is 4.94. The molecule has 19 heavy (non-hydrogen) atoms. The Hall–Kier alpha value is -0.980. The molecule has 6 heteroatoms. The maximum absolute atomic E-state index is 6.11. The van der Waals surface area contributed by atoms with Crippen molar-refractivity contribution < 1.29 is 9.26 Å². The molecule has 1 saturated heterocycles. The van der Waals surface area contributed by atoms with E-state index in [1.807, 2.05) is 6.92 Å². The summed E-state index contributed by atoms with van der Waals surface area (Å²) >= 11 is 0. The SMILES string of the molecule is CCOCCCc1nc(C(N)CN2CCCC2)no1. The zero-order chi connectivity index (χ0) is 13.5. The number of likely N-dealkylation sites (tertiary alicyclic amines) is 1. The number of aryl methyl sites for hydroxylation is 1. The van der Waals surface area contributed by atoms with Gasteiger partial charge in [0.1, 0.15) is 0 Å². The molecule has 2 N–H and O–H groups in total. The molecule has 0 radical (unpaired) electrons. The lowest BCUT2D eigenvalue weighted by Gasteiger charge is -2.17. The molecular formula is C13H24N4O2. The summed E-state index contributed by atoms with van der Waals surface area (Å²) in [5.74, 6) is 1.28. The Kier molecular flexibility index (Phi) is 5.75. The minimum atomic E-state index is -0.150. The Labute approximate surface area is 114 Å². The zero-order valence-corrected chi connectivity index (χ0v) is 11.7. The van der Waals surface area contributed by atoms with E-state index in [1.165, 1.54) is 12.8 Å². The average Bonchev–Trinajstić information content (AvgIpc) is 3.05. The van der Waals surface area contributed by atoms with Crippen LogP contribution in [0.4, 0.5) is 0 Å². The third kappa shape index (κ3) is 4.56. The van der Waals surface area contributed by atoms with Crippen LogP contribution in [0.25, 0.3) is 0 Å². The van der Waals surface area contributed by atoms with E-state index in [9.17, 15) is 0 Å². The summed E-state index contributed by atoms with van der Waals surface area (Å²) in [6, 6.07) is -0.150. The van der Waals surface area contributed by atoms with Crippen molar-refractivity contribution in [2.24, 2.45) is 5.73 Å². The molecule has 1 aromatic heterocycles. The van der Waals surface area contributed by atoms with Gasteiger partial charge in [0.2, 0.25) is 5.89 Å². The van der Waals surface area contributed by atoms with Gasteiger partial charge in [-0.25, -0.2) is 0 Å². The smallest absolute Gasteiger partial charge is 0.226 e.